The van der Waals surface area contributed by atoms with Crippen LogP contribution in [0.5, 0.6) is 5.75 Å². The van der Waals surface area contributed by atoms with Crippen LogP contribution in [0.2, 0.25) is 0 Å². The molecule has 1 unspecified atom stereocenters. The molecule has 0 aliphatic heterocycles. The van der Waals surface area contributed by atoms with Gasteiger partial charge in [-0.2, -0.15) is 5.10 Å². The summed E-state index contributed by atoms with van der Waals surface area (Å²) in [5.41, 5.74) is 1.68. The Hall–Kier alpha value is -1.66. The van der Waals surface area contributed by atoms with Crippen molar-refractivity contribution >= 4 is 11.1 Å². The molecular formula is C12H13N2O3S. The number of nitrogens with zero attached hydrogens (tertiary/aromatic N) is 2. The zero-order valence-corrected chi connectivity index (χ0v) is 10.9. The van der Waals surface area contributed by atoms with Crippen LogP contribution in [0.1, 0.15) is 11.1 Å². The number of methoxy groups -OCH3 is 1. The van der Waals surface area contributed by atoms with Gasteiger partial charge < -0.3 is 4.74 Å². The van der Waals surface area contributed by atoms with Crippen LogP contribution in [-0.2, 0) is 22.2 Å². The summed E-state index contributed by atoms with van der Waals surface area (Å²) in [6.45, 7) is 2.25. The predicted molar refractivity (Wildman–Crippen MR) is 66.2 cm³/mol. The highest BCUT2D eigenvalue weighted by atomic mass is 32.2. The standard InChI is InChI=1S/C12H13N2O3S/c1-9-7-14(13-12(9)18(15)16)8-10-3-5-11(17-2)6-4-10/h3-7H,8H2,1-2H3. The molecule has 0 N–H and O–H groups in total. The lowest BCUT2D eigenvalue weighted by Gasteiger charge is -2.03. The molecule has 1 radical (unpaired) electrons. The van der Waals surface area contributed by atoms with Crippen molar-refractivity contribution in [2.24, 2.45) is 0 Å². The van der Waals surface area contributed by atoms with E-state index in [9.17, 15) is 8.76 Å². The molecule has 1 atom stereocenters. The first-order valence-electron chi connectivity index (χ1n) is 5.36. The van der Waals surface area contributed by atoms with Crippen molar-refractivity contribution in [3.05, 3.63) is 41.6 Å². The minimum atomic E-state index is -2.28. The number of hydrogen-bond acceptors (Lipinski definition) is 3. The first-order valence-corrected chi connectivity index (χ1v) is 6.44. The van der Waals surface area contributed by atoms with Crippen LogP contribution in [0, 0.1) is 6.92 Å². The second kappa shape index (κ2) is 5.32. The maximum atomic E-state index is 10.9. The monoisotopic (exact) mass is 265 g/mol. The Balaban J connectivity index is 2.18. The minimum Gasteiger partial charge on any atom is -0.497 e. The summed E-state index contributed by atoms with van der Waals surface area (Å²) in [5, 5.41) is 4.12. The third-order valence-corrected chi connectivity index (χ3v) is 3.28. The average molecular weight is 265 g/mol. The molecule has 1 aromatic heterocycles. The lowest BCUT2D eigenvalue weighted by Crippen LogP contribution is -2.01. The highest BCUT2D eigenvalue weighted by Crippen LogP contribution is 2.14. The maximum absolute atomic E-state index is 10.9. The Bertz CT molecular complexity index is 563. The van der Waals surface area contributed by atoms with Crippen LogP contribution in [0.4, 0.5) is 0 Å². The highest BCUT2D eigenvalue weighted by Gasteiger charge is 2.11. The molecule has 0 saturated heterocycles. The van der Waals surface area contributed by atoms with E-state index in [-0.39, 0.29) is 5.03 Å². The molecule has 0 fully saturated rings. The molecule has 0 saturated carbocycles. The Kier molecular flexibility index (Phi) is 3.78. The summed E-state index contributed by atoms with van der Waals surface area (Å²) in [7, 11) is 1.61. The SMILES string of the molecule is COc1ccc(Cn2cc(C)c(S([O])=O)n2)cc1. The smallest absolute Gasteiger partial charge is 0.242 e. The van der Waals surface area contributed by atoms with Gasteiger partial charge >= 0.3 is 0 Å². The van der Waals surface area contributed by atoms with Crippen molar-refractivity contribution in [1.29, 1.82) is 0 Å². The lowest BCUT2D eigenvalue weighted by atomic mass is 10.2. The molecule has 6 heteroatoms. The molecule has 0 aliphatic carbocycles. The van der Waals surface area contributed by atoms with Crippen LogP contribution >= 0.6 is 0 Å². The summed E-state index contributed by atoms with van der Waals surface area (Å²) in [5.74, 6) is 0.789. The summed E-state index contributed by atoms with van der Waals surface area (Å²) in [4.78, 5) is 0. The van der Waals surface area contributed by atoms with Gasteiger partial charge in [0.05, 0.1) is 13.7 Å². The zero-order valence-electron chi connectivity index (χ0n) is 10.1. The topological polar surface area (TPSA) is 64.0 Å². The van der Waals surface area contributed by atoms with E-state index in [0.717, 1.165) is 11.3 Å². The Morgan fingerprint density at radius 1 is 1.33 bits per heavy atom. The summed E-state index contributed by atoms with van der Waals surface area (Å²) < 4.78 is 28.4. The van der Waals surface area contributed by atoms with Crippen molar-refractivity contribution in [3.63, 3.8) is 0 Å². The fraction of sp³-hybridized carbons (Fsp3) is 0.250. The summed E-state index contributed by atoms with van der Waals surface area (Å²) in [6.07, 6.45) is 1.72. The Morgan fingerprint density at radius 2 is 2.00 bits per heavy atom. The molecule has 1 heterocycles. The van der Waals surface area contributed by atoms with Crippen LogP contribution in [-0.4, -0.2) is 21.1 Å². The Labute approximate surface area is 108 Å². The van der Waals surface area contributed by atoms with Crippen molar-refractivity contribution in [1.82, 2.24) is 9.78 Å². The average Bonchev–Trinajstić information content (AvgIpc) is 2.71. The van der Waals surface area contributed by atoms with Gasteiger partial charge in [0, 0.05) is 11.8 Å². The zero-order chi connectivity index (χ0) is 13.1. The predicted octanol–water partition coefficient (Wildman–Crippen LogP) is 1.70. The molecule has 0 bridgehead atoms. The van der Waals surface area contributed by atoms with E-state index in [1.807, 2.05) is 24.3 Å². The van der Waals surface area contributed by atoms with E-state index in [0.29, 0.717) is 12.1 Å². The minimum absolute atomic E-state index is 0.100. The highest BCUT2D eigenvalue weighted by molar-refractivity contribution is 7.79. The van der Waals surface area contributed by atoms with Crippen LogP contribution < -0.4 is 4.74 Å². The lowest BCUT2D eigenvalue weighted by molar-refractivity contribution is 0.414. The van der Waals surface area contributed by atoms with E-state index in [2.05, 4.69) is 5.10 Å². The van der Waals surface area contributed by atoms with Gasteiger partial charge in [-0.15, -0.1) is 4.55 Å². The molecule has 0 amide bonds. The van der Waals surface area contributed by atoms with Crippen LogP contribution in [0.15, 0.2) is 35.5 Å². The Morgan fingerprint density at radius 3 is 2.50 bits per heavy atom. The fourth-order valence-electron chi connectivity index (χ4n) is 1.67. The van der Waals surface area contributed by atoms with E-state index in [1.54, 1.807) is 24.9 Å². The molecular weight excluding hydrogens is 252 g/mol. The van der Waals surface area contributed by atoms with Gasteiger partial charge in [-0.05, 0) is 24.6 Å². The first kappa shape index (κ1) is 12.8. The van der Waals surface area contributed by atoms with Crippen molar-refractivity contribution in [2.45, 2.75) is 18.5 Å². The largest absolute Gasteiger partial charge is 0.497 e. The summed E-state index contributed by atoms with van der Waals surface area (Å²) >= 11 is -2.28. The van der Waals surface area contributed by atoms with Gasteiger partial charge in [-0.3, -0.25) is 4.68 Å². The third-order valence-electron chi connectivity index (χ3n) is 2.56. The van der Waals surface area contributed by atoms with Gasteiger partial charge in [0.15, 0.2) is 5.03 Å². The van der Waals surface area contributed by atoms with E-state index < -0.39 is 11.1 Å². The van der Waals surface area contributed by atoms with Crippen molar-refractivity contribution in [2.75, 3.05) is 7.11 Å². The molecule has 18 heavy (non-hydrogen) atoms. The third kappa shape index (κ3) is 2.77. The van der Waals surface area contributed by atoms with Crippen LogP contribution in [0.25, 0.3) is 0 Å². The van der Waals surface area contributed by atoms with E-state index >= 15 is 0 Å². The molecule has 95 valence electrons. The number of benzene rings is 1. The molecule has 0 spiro atoms. The first-order chi connectivity index (χ1) is 8.60. The van der Waals surface area contributed by atoms with Gasteiger partial charge in [0.1, 0.15) is 5.75 Å². The normalized spacial score (nSPS) is 12.4. The maximum Gasteiger partial charge on any atom is 0.242 e. The van der Waals surface area contributed by atoms with E-state index in [1.165, 1.54) is 0 Å². The molecule has 2 rings (SSSR count). The van der Waals surface area contributed by atoms with Crippen molar-refractivity contribution < 1.29 is 13.5 Å². The van der Waals surface area contributed by atoms with Gasteiger partial charge in [0.2, 0.25) is 11.1 Å². The number of rotatable bonds is 4. The fourth-order valence-corrected chi connectivity index (χ4v) is 2.15. The molecule has 2 aromatic rings. The van der Waals surface area contributed by atoms with Crippen molar-refractivity contribution in [3.8, 4) is 5.75 Å². The second-order valence-corrected chi connectivity index (χ2v) is 4.75. The number of hydrogen-bond donors (Lipinski definition) is 0. The quantitative estimate of drug-likeness (QED) is 0.845. The molecule has 1 aromatic carbocycles. The number of ether oxygens (including phenoxy) is 1. The van der Waals surface area contributed by atoms with Crippen LogP contribution in [0.3, 0.4) is 0 Å². The number of aryl methyl sites for hydroxylation is 1. The van der Waals surface area contributed by atoms with Gasteiger partial charge in [-0.1, -0.05) is 12.1 Å². The molecule has 5 nitrogen and oxygen atoms in total. The van der Waals surface area contributed by atoms with Gasteiger partial charge in [0.25, 0.3) is 0 Å². The number of aromatic nitrogens is 2. The molecule has 0 aliphatic rings. The second-order valence-electron chi connectivity index (χ2n) is 3.90. The van der Waals surface area contributed by atoms with E-state index in [4.69, 9.17) is 4.74 Å². The van der Waals surface area contributed by atoms with Gasteiger partial charge in [-0.25, -0.2) is 4.21 Å². The summed E-state index contributed by atoms with van der Waals surface area (Å²) in [6, 6.07) is 7.56.